The van der Waals surface area contributed by atoms with Gasteiger partial charge in [0, 0.05) is 30.8 Å². The lowest BCUT2D eigenvalue weighted by Crippen LogP contribution is -2.56. The lowest BCUT2D eigenvalue weighted by Gasteiger charge is -2.39. The number of carbonyl (C=O) groups excluding carboxylic acids is 1. The van der Waals surface area contributed by atoms with Crippen LogP contribution in [0, 0.1) is 5.92 Å². The first-order chi connectivity index (χ1) is 15.6. The second-order valence-electron chi connectivity index (χ2n) is 9.44. The molecule has 5 rings (SSSR count). The van der Waals surface area contributed by atoms with Gasteiger partial charge in [-0.05, 0) is 43.5 Å². The van der Waals surface area contributed by atoms with Gasteiger partial charge in [-0.3, -0.25) is 4.79 Å². The first kappa shape index (κ1) is 20.9. The predicted octanol–water partition coefficient (Wildman–Crippen LogP) is 3.70. The number of H-pyrrole nitrogens is 1. The number of aromatic nitrogens is 3. The standard InChI is InChI=1S/C25H31N5O2/c1-17(2)13-29-12-6-7-18(14-29)20-8-5-11-26-24(20)32-19-15-30(16-19)25(31)23-27-21-9-3-4-10-22(21)28-23/h3-5,8-11,17-19H,6-7,12-16H2,1-2H3,(H,27,28). The zero-order valence-corrected chi connectivity index (χ0v) is 18.8. The molecule has 0 spiro atoms. The van der Waals surface area contributed by atoms with Crippen LogP contribution < -0.4 is 4.74 Å². The number of amides is 1. The number of fused-ring (bicyclic) bond motifs is 1. The Labute approximate surface area is 188 Å². The molecule has 7 heteroatoms. The number of piperidine rings is 1. The maximum Gasteiger partial charge on any atom is 0.289 e. The molecule has 1 atom stereocenters. The number of carbonyl (C=O) groups is 1. The van der Waals surface area contributed by atoms with Gasteiger partial charge in [0.1, 0.15) is 6.10 Å². The minimum Gasteiger partial charge on any atom is -0.470 e. The van der Waals surface area contributed by atoms with E-state index in [0.29, 0.717) is 30.7 Å². The summed E-state index contributed by atoms with van der Waals surface area (Å²) >= 11 is 0. The molecule has 4 heterocycles. The van der Waals surface area contributed by atoms with Crippen molar-refractivity contribution in [3.63, 3.8) is 0 Å². The van der Waals surface area contributed by atoms with E-state index < -0.39 is 0 Å². The van der Waals surface area contributed by atoms with Gasteiger partial charge in [-0.25, -0.2) is 9.97 Å². The summed E-state index contributed by atoms with van der Waals surface area (Å²) in [4.78, 5) is 29.2. The highest BCUT2D eigenvalue weighted by atomic mass is 16.5. The van der Waals surface area contributed by atoms with Gasteiger partial charge in [-0.2, -0.15) is 0 Å². The van der Waals surface area contributed by atoms with E-state index in [1.807, 2.05) is 30.3 Å². The fraction of sp³-hybridized carbons (Fsp3) is 0.480. The van der Waals surface area contributed by atoms with Crippen LogP contribution in [0.2, 0.25) is 0 Å². The largest absolute Gasteiger partial charge is 0.470 e. The van der Waals surface area contributed by atoms with E-state index in [9.17, 15) is 4.79 Å². The van der Waals surface area contributed by atoms with Crippen molar-refractivity contribution in [3.05, 3.63) is 54.0 Å². The van der Waals surface area contributed by atoms with Crippen LogP contribution >= 0.6 is 0 Å². The van der Waals surface area contributed by atoms with Crippen molar-refractivity contribution in [2.24, 2.45) is 5.92 Å². The molecule has 7 nitrogen and oxygen atoms in total. The number of aromatic amines is 1. The third-order valence-corrected chi connectivity index (χ3v) is 6.37. The van der Waals surface area contributed by atoms with Gasteiger partial charge in [0.05, 0.1) is 24.1 Å². The third-order valence-electron chi connectivity index (χ3n) is 6.37. The predicted molar refractivity (Wildman–Crippen MR) is 124 cm³/mol. The summed E-state index contributed by atoms with van der Waals surface area (Å²) < 4.78 is 6.27. The summed E-state index contributed by atoms with van der Waals surface area (Å²) in [6, 6.07) is 11.8. The number of pyridine rings is 1. The monoisotopic (exact) mass is 433 g/mol. The molecule has 2 saturated heterocycles. The van der Waals surface area contributed by atoms with Crippen LogP contribution in [0.25, 0.3) is 11.0 Å². The lowest BCUT2D eigenvalue weighted by atomic mass is 9.90. The molecule has 1 N–H and O–H groups in total. The number of nitrogens with zero attached hydrogens (tertiary/aromatic N) is 4. The molecule has 2 fully saturated rings. The number of likely N-dealkylation sites (tertiary alicyclic amines) is 2. The summed E-state index contributed by atoms with van der Waals surface area (Å²) in [7, 11) is 0. The number of hydrogen-bond donors (Lipinski definition) is 1. The van der Waals surface area contributed by atoms with Crippen LogP contribution in [0.3, 0.4) is 0 Å². The minimum atomic E-state index is -0.0843. The molecule has 0 radical (unpaired) electrons. The lowest BCUT2D eigenvalue weighted by molar-refractivity contribution is 0.0144. The van der Waals surface area contributed by atoms with Crippen molar-refractivity contribution in [2.75, 3.05) is 32.7 Å². The minimum absolute atomic E-state index is 0.0349. The highest BCUT2D eigenvalue weighted by molar-refractivity contribution is 5.94. The van der Waals surface area contributed by atoms with Crippen molar-refractivity contribution in [1.82, 2.24) is 24.8 Å². The maximum atomic E-state index is 12.8. The Hall–Kier alpha value is -2.93. The molecular weight excluding hydrogens is 402 g/mol. The average Bonchev–Trinajstić information content (AvgIpc) is 3.20. The fourth-order valence-corrected chi connectivity index (χ4v) is 4.84. The SMILES string of the molecule is CC(C)CN1CCCC(c2cccnc2OC2CN(C(=O)c3nc4ccccc4[nH]3)C2)C1. The first-order valence-electron chi connectivity index (χ1n) is 11.6. The molecule has 1 aromatic carbocycles. The number of ether oxygens (including phenoxy) is 1. The van der Waals surface area contributed by atoms with Gasteiger partial charge >= 0.3 is 0 Å². The summed E-state index contributed by atoms with van der Waals surface area (Å²) in [6.07, 6.45) is 4.13. The highest BCUT2D eigenvalue weighted by Gasteiger charge is 2.35. The van der Waals surface area contributed by atoms with E-state index in [0.717, 1.165) is 36.4 Å². The summed E-state index contributed by atoms with van der Waals surface area (Å²) in [5.41, 5.74) is 2.88. The Kier molecular flexibility index (Phi) is 5.83. The number of nitrogens with one attached hydrogen (secondary N) is 1. The van der Waals surface area contributed by atoms with Crippen molar-refractivity contribution in [2.45, 2.75) is 38.7 Å². The topological polar surface area (TPSA) is 74.3 Å². The average molecular weight is 434 g/mol. The van der Waals surface area contributed by atoms with Gasteiger partial charge in [-0.15, -0.1) is 0 Å². The quantitative estimate of drug-likeness (QED) is 0.642. The molecule has 0 saturated carbocycles. The zero-order valence-electron chi connectivity index (χ0n) is 18.8. The van der Waals surface area contributed by atoms with Gasteiger partial charge in [0.25, 0.3) is 5.91 Å². The number of benzene rings is 1. The number of rotatable bonds is 6. The van der Waals surface area contributed by atoms with Crippen LogP contribution in [0.15, 0.2) is 42.6 Å². The van der Waals surface area contributed by atoms with E-state index in [2.05, 4.69) is 39.8 Å². The van der Waals surface area contributed by atoms with Crippen molar-refractivity contribution < 1.29 is 9.53 Å². The molecule has 0 aliphatic carbocycles. The number of para-hydroxylation sites is 2. The van der Waals surface area contributed by atoms with Crippen molar-refractivity contribution >= 4 is 16.9 Å². The Morgan fingerprint density at radius 3 is 2.84 bits per heavy atom. The van der Waals surface area contributed by atoms with Crippen molar-refractivity contribution in [1.29, 1.82) is 0 Å². The van der Waals surface area contributed by atoms with Crippen LogP contribution in [-0.4, -0.2) is 69.5 Å². The van der Waals surface area contributed by atoms with E-state index in [1.54, 1.807) is 11.1 Å². The van der Waals surface area contributed by atoms with Crippen LogP contribution in [-0.2, 0) is 0 Å². The second kappa shape index (κ2) is 8.90. The molecule has 2 aliphatic heterocycles. The number of hydrogen-bond acceptors (Lipinski definition) is 5. The van der Waals surface area contributed by atoms with Crippen molar-refractivity contribution in [3.8, 4) is 5.88 Å². The Balaban J connectivity index is 1.21. The first-order valence-corrected chi connectivity index (χ1v) is 11.6. The molecule has 168 valence electrons. The molecule has 2 aromatic heterocycles. The Morgan fingerprint density at radius 2 is 2.03 bits per heavy atom. The van der Waals surface area contributed by atoms with Gasteiger partial charge in [0.2, 0.25) is 5.88 Å². The maximum absolute atomic E-state index is 12.8. The molecule has 1 unspecified atom stereocenters. The third kappa shape index (κ3) is 4.35. The molecule has 32 heavy (non-hydrogen) atoms. The van der Waals surface area contributed by atoms with Gasteiger partial charge in [-0.1, -0.05) is 32.0 Å². The van der Waals surface area contributed by atoms with Gasteiger partial charge < -0.3 is 19.5 Å². The van der Waals surface area contributed by atoms with E-state index >= 15 is 0 Å². The fourth-order valence-electron chi connectivity index (χ4n) is 4.84. The molecule has 0 bridgehead atoms. The Bertz CT molecular complexity index is 1060. The normalized spacial score (nSPS) is 20.0. The summed E-state index contributed by atoms with van der Waals surface area (Å²) in [5.74, 6) is 2.14. The molecule has 1 amide bonds. The molecule has 2 aliphatic rings. The van der Waals surface area contributed by atoms with Crippen LogP contribution in [0.4, 0.5) is 0 Å². The van der Waals surface area contributed by atoms with E-state index in [-0.39, 0.29) is 12.0 Å². The second-order valence-corrected chi connectivity index (χ2v) is 9.44. The highest BCUT2D eigenvalue weighted by Crippen LogP contribution is 2.33. The van der Waals surface area contributed by atoms with E-state index in [4.69, 9.17) is 4.74 Å². The molecule has 3 aromatic rings. The Morgan fingerprint density at radius 1 is 1.19 bits per heavy atom. The number of imidazole rings is 1. The molecular formula is C25H31N5O2. The zero-order chi connectivity index (χ0) is 22.1. The van der Waals surface area contributed by atoms with Gasteiger partial charge in [0.15, 0.2) is 5.82 Å². The summed E-state index contributed by atoms with van der Waals surface area (Å²) in [5, 5.41) is 0. The van der Waals surface area contributed by atoms with Crippen LogP contribution in [0.1, 0.15) is 48.8 Å². The van der Waals surface area contributed by atoms with E-state index in [1.165, 1.54) is 18.5 Å². The summed E-state index contributed by atoms with van der Waals surface area (Å²) in [6.45, 7) is 9.02. The smallest absolute Gasteiger partial charge is 0.289 e. The van der Waals surface area contributed by atoms with Crippen LogP contribution in [0.5, 0.6) is 5.88 Å².